The van der Waals surface area contributed by atoms with Gasteiger partial charge in [-0.05, 0) is 37.0 Å². The SMILES string of the molecule is O=[N+]([O-])c1cnc(NCCC2=CCCC2)s1. The fourth-order valence-corrected chi connectivity index (χ4v) is 2.38. The predicted octanol–water partition coefficient (Wildman–Crippen LogP) is 2.96. The van der Waals surface area contributed by atoms with Crippen LogP contribution in [-0.4, -0.2) is 16.5 Å². The van der Waals surface area contributed by atoms with Crippen LogP contribution in [0.2, 0.25) is 0 Å². The zero-order chi connectivity index (χ0) is 11.4. The monoisotopic (exact) mass is 239 g/mol. The highest BCUT2D eigenvalue weighted by molar-refractivity contribution is 7.18. The van der Waals surface area contributed by atoms with Crippen LogP contribution in [0.4, 0.5) is 10.1 Å². The van der Waals surface area contributed by atoms with Crippen molar-refractivity contribution in [3.63, 3.8) is 0 Å². The van der Waals surface area contributed by atoms with Crippen molar-refractivity contribution in [3.8, 4) is 0 Å². The lowest BCUT2D eigenvalue weighted by Gasteiger charge is -2.02. The number of aromatic nitrogens is 1. The van der Waals surface area contributed by atoms with E-state index in [9.17, 15) is 10.1 Å². The Bertz CT molecular complexity index is 414. The first-order valence-corrected chi connectivity index (χ1v) is 6.09. The number of thiazole rings is 1. The Morgan fingerprint density at radius 1 is 1.62 bits per heavy atom. The highest BCUT2D eigenvalue weighted by Gasteiger charge is 2.11. The van der Waals surface area contributed by atoms with Gasteiger partial charge >= 0.3 is 5.00 Å². The molecule has 0 saturated carbocycles. The molecule has 5 nitrogen and oxygen atoms in total. The van der Waals surface area contributed by atoms with Gasteiger partial charge in [-0.1, -0.05) is 11.6 Å². The van der Waals surface area contributed by atoms with Crippen LogP contribution in [0.15, 0.2) is 17.8 Å². The summed E-state index contributed by atoms with van der Waals surface area (Å²) in [5.74, 6) is 0. The molecule has 1 aromatic rings. The van der Waals surface area contributed by atoms with Crippen LogP contribution in [0.3, 0.4) is 0 Å². The van der Waals surface area contributed by atoms with Crippen LogP contribution in [0.1, 0.15) is 25.7 Å². The minimum Gasteiger partial charge on any atom is -0.361 e. The fourth-order valence-electron chi connectivity index (χ4n) is 1.73. The maximum Gasteiger partial charge on any atom is 0.345 e. The van der Waals surface area contributed by atoms with E-state index in [0.29, 0.717) is 5.13 Å². The molecule has 1 heterocycles. The lowest BCUT2D eigenvalue weighted by Crippen LogP contribution is -2.01. The number of hydrogen-bond donors (Lipinski definition) is 1. The second kappa shape index (κ2) is 5.07. The largest absolute Gasteiger partial charge is 0.361 e. The zero-order valence-electron chi connectivity index (χ0n) is 8.81. The Morgan fingerprint density at radius 3 is 3.12 bits per heavy atom. The van der Waals surface area contributed by atoms with Crippen molar-refractivity contribution in [1.29, 1.82) is 0 Å². The van der Waals surface area contributed by atoms with Crippen LogP contribution >= 0.6 is 11.3 Å². The average molecular weight is 239 g/mol. The molecule has 0 atom stereocenters. The molecular weight excluding hydrogens is 226 g/mol. The molecule has 0 unspecified atom stereocenters. The summed E-state index contributed by atoms with van der Waals surface area (Å²) in [6, 6.07) is 0. The van der Waals surface area contributed by atoms with E-state index in [1.54, 1.807) is 0 Å². The molecule has 0 saturated heterocycles. The van der Waals surface area contributed by atoms with E-state index in [-0.39, 0.29) is 5.00 Å². The third-order valence-electron chi connectivity index (χ3n) is 2.53. The summed E-state index contributed by atoms with van der Waals surface area (Å²) in [6.45, 7) is 0.802. The molecule has 86 valence electrons. The summed E-state index contributed by atoms with van der Waals surface area (Å²) in [6.07, 6.45) is 8.23. The Balaban J connectivity index is 1.78. The number of nitrogens with zero attached hydrogens (tertiary/aromatic N) is 2. The maximum absolute atomic E-state index is 10.4. The first kappa shape index (κ1) is 11.1. The minimum atomic E-state index is -0.414. The Labute approximate surface area is 97.4 Å². The van der Waals surface area contributed by atoms with Crippen molar-refractivity contribution in [1.82, 2.24) is 4.98 Å². The maximum atomic E-state index is 10.4. The minimum absolute atomic E-state index is 0.0857. The summed E-state index contributed by atoms with van der Waals surface area (Å²) in [5.41, 5.74) is 1.48. The van der Waals surface area contributed by atoms with Gasteiger partial charge in [0.15, 0.2) is 5.13 Å². The number of nitrogens with one attached hydrogen (secondary N) is 1. The first-order valence-electron chi connectivity index (χ1n) is 5.28. The molecule has 0 amide bonds. The van der Waals surface area contributed by atoms with E-state index in [1.807, 2.05) is 0 Å². The number of hydrogen-bond acceptors (Lipinski definition) is 5. The number of allylic oxidation sites excluding steroid dienone is 1. The molecule has 2 rings (SSSR count). The van der Waals surface area contributed by atoms with Crippen molar-refractivity contribution in [2.75, 3.05) is 11.9 Å². The molecule has 0 fully saturated rings. The lowest BCUT2D eigenvalue weighted by atomic mass is 10.2. The Morgan fingerprint density at radius 2 is 2.50 bits per heavy atom. The zero-order valence-corrected chi connectivity index (χ0v) is 9.63. The molecule has 16 heavy (non-hydrogen) atoms. The van der Waals surface area contributed by atoms with Crippen molar-refractivity contribution < 1.29 is 4.92 Å². The van der Waals surface area contributed by atoms with E-state index < -0.39 is 4.92 Å². The number of nitro groups is 1. The summed E-state index contributed by atoms with van der Waals surface area (Å²) < 4.78 is 0. The normalized spacial score (nSPS) is 14.9. The molecule has 0 aliphatic heterocycles. The summed E-state index contributed by atoms with van der Waals surface area (Å²) in [4.78, 5) is 14.0. The van der Waals surface area contributed by atoms with Gasteiger partial charge < -0.3 is 5.32 Å². The van der Waals surface area contributed by atoms with Gasteiger partial charge in [-0.15, -0.1) is 0 Å². The molecule has 1 aliphatic carbocycles. The van der Waals surface area contributed by atoms with Crippen molar-refractivity contribution >= 4 is 21.5 Å². The predicted molar refractivity (Wildman–Crippen MR) is 63.8 cm³/mol. The molecule has 1 aliphatic rings. The summed E-state index contributed by atoms with van der Waals surface area (Å²) in [7, 11) is 0. The van der Waals surface area contributed by atoms with Crippen LogP contribution in [-0.2, 0) is 0 Å². The smallest absolute Gasteiger partial charge is 0.345 e. The third kappa shape index (κ3) is 2.79. The molecule has 0 spiro atoms. The quantitative estimate of drug-likeness (QED) is 0.487. The Kier molecular flexibility index (Phi) is 3.51. The van der Waals surface area contributed by atoms with Gasteiger partial charge in [-0.25, -0.2) is 4.98 Å². The van der Waals surface area contributed by atoms with E-state index in [2.05, 4.69) is 16.4 Å². The van der Waals surface area contributed by atoms with E-state index in [0.717, 1.165) is 24.3 Å². The topological polar surface area (TPSA) is 68.1 Å². The Hall–Kier alpha value is -1.43. The van der Waals surface area contributed by atoms with Crippen molar-refractivity contribution in [3.05, 3.63) is 28.0 Å². The van der Waals surface area contributed by atoms with Gasteiger partial charge in [0.1, 0.15) is 6.20 Å². The molecule has 1 N–H and O–H groups in total. The molecule has 6 heteroatoms. The van der Waals surface area contributed by atoms with Crippen LogP contribution in [0.5, 0.6) is 0 Å². The first-order chi connectivity index (χ1) is 7.75. The van der Waals surface area contributed by atoms with Gasteiger partial charge in [-0.3, -0.25) is 10.1 Å². The summed E-state index contributed by atoms with van der Waals surface area (Å²) >= 11 is 1.08. The highest BCUT2D eigenvalue weighted by Crippen LogP contribution is 2.25. The van der Waals surface area contributed by atoms with E-state index >= 15 is 0 Å². The fraction of sp³-hybridized carbons (Fsp3) is 0.500. The number of rotatable bonds is 5. The van der Waals surface area contributed by atoms with Crippen LogP contribution in [0.25, 0.3) is 0 Å². The second-order valence-corrected chi connectivity index (χ2v) is 4.70. The van der Waals surface area contributed by atoms with Gasteiger partial charge in [-0.2, -0.15) is 0 Å². The number of anilines is 1. The van der Waals surface area contributed by atoms with Gasteiger partial charge in [0.25, 0.3) is 0 Å². The van der Waals surface area contributed by atoms with E-state index in [1.165, 1.54) is 31.0 Å². The molecule has 1 aromatic heterocycles. The molecule has 0 radical (unpaired) electrons. The third-order valence-corrected chi connectivity index (χ3v) is 3.44. The molecule has 0 aromatic carbocycles. The van der Waals surface area contributed by atoms with Gasteiger partial charge in [0, 0.05) is 6.54 Å². The van der Waals surface area contributed by atoms with Crippen molar-refractivity contribution in [2.45, 2.75) is 25.7 Å². The standard InChI is InChI=1S/C10H13N3O2S/c14-13(15)9-7-12-10(16-9)11-6-5-8-3-1-2-4-8/h3,7H,1-2,4-6H2,(H,11,12). The van der Waals surface area contributed by atoms with E-state index in [4.69, 9.17) is 0 Å². The van der Waals surface area contributed by atoms with Crippen LogP contribution in [0, 0.1) is 10.1 Å². The highest BCUT2D eigenvalue weighted by atomic mass is 32.1. The van der Waals surface area contributed by atoms with Crippen molar-refractivity contribution in [2.24, 2.45) is 0 Å². The molecular formula is C10H13N3O2S. The molecule has 0 bridgehead atoms. The average Bonchev–Trinajstić information content (AvgIpc) is 2.87. The van der Waals surface area contributed by atoms with Gasteiger partial charge in [0.2, 0.25) is 0 Å². The van der Waals surface area contributed by atoms with Gasteiger partial charge in [0.05, 0.1) is 4.92 Å². The summed E-state index contributed by atoms with van der Waals surface area (Å²) in [5, 5.41) is 14.3. The lowest BCUT2D eigenvalue weighted by molar-refractivity contribution is -0.380. The second-order valence-electron chi connectivity index (χ2n) is 3.69. The van der Waals surface area contributed by atoms with Crippen LogP contribution < -0.4 is 5.32 Å².